The van der Waals surface area contributed by atoms with Crippen LogP contribution in [0.5, 0.6) is 0 Å². The first kappa shape index (κ1) is 19.3. The van der Waals surface area contributed by atoms with Gasteiger partial charge in [0.05, 0.1) is 5.69 Å². The Morgan fingerprint density at radius 2 is 1.84 bits per heavy atom. The quantitative estimate of drug-likeness (QED) is 0.590. The second kappa shape index (κ2) is 8.87. The van der Waals surface area contributed by atoms with Crippen molar-refractivity contribution < 1.29 is 18.7 Å². The Labute approximate surface area is 154 Å². The maximum atomic E-state index is 13.7. The summed E-state index contributed by atoms with van der Waals surface area (Å²) in [5, 5.41) is 2.12. The lowest BCUT2D eigenvalue weighted by Crippen LogP contribution is -2.32. The van der Waals surface area contributed by atoms with Gasteiger partial charge < -0.3 is 10.1 Å². The number of ether oxygens (including phenoxy) is 1. The maximum Gasteiger partial charge on any atom is 0.319 e. The normalized spacial score (nSPS) is 13.0. The number of anilines is 1. The zero-order valence-corrected chi connectivity index (χ0v) is 15.2. The van der Waals surface area contributed by atoms with Gasteiger partial charge in [-0.25, -0.2) is 4.39 Å². The fourth-order valence-electron chi connectivity index (χ4n) is 1.90. The second-order valence-electron chi connectivity index (χ2n) is 5.27. The molecule has 0 aromatic heterocycles. The molecule has 4 nitrogen and oxygen atoms in total. The molecule has 0 saturated heterocycles. The van der Waals surface area contributed by atoms with Crippen molar-refractivity contribution in [3.8, 4) is 0 Å². The molecule has 132 valence electrons. The molecule has 0 spiro atoms. The van der Waals surface area contributed by atoms with E-state index >= 15 is 0 Å². The van der Waals surface area contributed by atoms with Gasteiger partial charge >= 0.3 is 5.97 Å². The highest BCUT2D eigenvalue weighted by atomic mass is 35.5. The number of carbonyl (C=O) groups is 2. The third-order valence-electron chi connectivity index (χ3n) is 3.24. The van der Waals surface area contributed by atoms with E-state index in [4.69, 9.17) is 16.3 Å². The van der Waals surface area contributed by atoms with Gasteiger partial charge in [-0.2, -0.15) is 0 Å². The summed E-state index contributed by atoms with van der Waals surface area (Å²) in [5.41, 5.74) is -0.0241. The Hall–Kier alpha value is -2.05. The van der Waals surface area contributed by atoms with Crippen molar-refractivity contribution in [1.82, 2.24) is 0 Å². The molecule has 2 aromatic carbocycles. The predicted octanol–water partition coefficient (Wildman–Crippen LogP) is 4.53. The van der Waals surface area contributed by atoms with Gasteiger partial charge in [0, 0.05) is 9.92 Å². The first-order chi connectivity index (χ1) is 11.9. The van der Waals surface area contributed by atoms with Gasteiger partial charge in [-0.1, -0.05) is 29.8 Å². The Morgan fingerprint density at radius 3 is 2.48 bits per heavy atom. The van der Waals surface area contributed by atoms with E-state index in [1.54, 1.807) is 6.92 Å². The van der Waals surface area contributed by atoms with Gasteiger partial charge in [0.25, 0.3) is 5.91 Å². The van der Waals surface area contributed by atoms with E-state index < -0.39 is 29.0 Å². The van der Waals surface area contributed by atoms with Crippen molar-refractivity contribution in [3.05, 3.63) is 59.4 Å². The summed E-state index contributed by atoms with van der Waals surface area (Å²) in [4.78, 5) is 25.1. The van der Waals surface area contributed by atoms with Gasteiger partial charge in [-0.15, -0.1) is 11.8 Å². The van der Waals surface area contributed by atoms with E-state index in [1.165, 1.54) is 30.8 Å². The van der Waals surface area contributed by atoms with Crippen LogP contribution in [0.25, 0.3) is 0 Å². The van der Waals surface area contributed by atoms with Crippen LogP contribution in [0.4, 0.5) is 10.1 Å². The Bertz CT molecular complexity index is 757. The molecule has 0 heterocycles. The topological polar surface area (TPSA) is 55.4 Å². The summed E-state index contributed by atoms with van der Waals surface area (Å²) >= 11 is 6.99. The summed E-state index contributed by atoms with van der Waals surface area (Å²) in [6.07, 6.45) is -1.05. The molecule has 0 aliphatic heterocycles. The number of hydrogen-bond donors (Lipinski definition) is 1. The van der Waals surface area contributed by atoms with Crippen molar-refractivity contribution in [2.45, 2.75) is 30.1 Å². The average Bonchev–Trinajstić information content (AvgIpc) is 2.58. The molecule has 2 rings (SSSR count). The predicted molar refractivity (Wildman–Crippen MR) is 97.4 cm³/mol. The number of rotatable bonds is 6. The van der Waals surface area contributed by atoms with Crippen LogP contribution in [0, 0.1) is 5.82 Å². The zero-order chi connectivity index (χ0) is 18.4. The molecule has 7 heteroatoms. The van der Waals surface area contributed by atoms with Crippen LogP contribution in [0.15, 0.2) is 53.4 Å². The number of nitrogens with one attached hydrogen (secondary N) is 1. The highest BCUT2D eigenvalue weighted by molar-refractivity contribution is 8.00. The van der Waals surface area contributed by atoms with Crippen molar-refractivity contribution in [3.63, 3.8) is 0 Å². The number of carbonyl (C=O) groups excluding carboxylic acids is 2. The minimum Gasteiger partial charge on any atom is -0.452 e. The van der Waals surface area contributed by atoms with E-state index in [2.05, 4.69) is 5.32 Å². The van der Waals surface area contributed by atoms with Crippen LogP contribution >= 0.6 is 23.4 Å². The highest BCUT2D eigenvalue weighted by Crippen LogP contribution is 2.24. The summed E-state index contributed by atoms with van der Waals surface area (Å²) in [7, 11) is 0. The standard InChI is InChI=1S/C18H17ClFNO3S/c1-11(17(22)21-16-9-8-13(19)10-15(16)20)24-18(23)12(2)25-14-6-4-3-5-7-14/h3-12H,1-2H3,(H,21,22)/t11-,12-/m1/s1. The molecule has 2 atom stereocenters. The summed E-state index contributed by atoms with van der Waals surface area (Å²) < 4.78 is 18.9. The molecule has 0 bridgehead atoms. The molecular weight excluding hydrogens is 365 g/mol. The van der Waals surface area contributed by atoms with E-state index in [9.17, 15) is 14.0 Å². The van der Waals surface area contributed by atoms with Crippen molar-refractivity contribution in [2.24, 2.45) is 0 Å². The molecule has 0 unspecified atom stereocenters. The highest BCUT2D eigenvalue weighted by Gasteiger charge is 2.23. The molecule has 25 heavy (non-hydrogen) atoms. The monoisotopic (exact) mass is 381 g/mol. The summed E-state index contributed by atoms with van der Waals surface area (Å²) in [5.74, 6) is -1.80. The molecule has 1 N–H and O–H groups in total. The number of thioether (sulfide) groups is 1. The van der Waals surface area contributed by atoms with Crippen LogP contribution in [0.2, 0.25) is 5.02 Å². The molecule has 0 saturated carbocycles. The number of esters is 1. The summed E-state index contributed by atoms with van der Waals surface area (Å²) in [6.45, 7) is 3.13. The van der Waals surface area contributed by atoms with Crippen LogP contribution in [0.3, 0.4) is 0 Å². The Balaban J connectivity index is 1.90. The minimum atomic E-state index is -1.05. The Kier molecular flexibility index (Phi) is 6.84. The average molecular weight is 382 g/mol. The number of benzene rings is 2. The number of halogens is 2. The first-order valence-electron chi connectivity index (χ1n) is 7.55. The van der Waals surface area contributed by atoms with Crippen LogP contribution in [-0.4, -0.2) is 23.2 Å². The smallest absolute Gasteiger partial charge is 0.319 e. The molecule has 0 aliphatic carbocycles. The van der Waals surface area contributed by atoms with Crippen molar-refractivity contribution in [2.75, 3.05) is 5.32 Å². The largest absolute Gasteiger partial charge is 0.452 e. The van der Waals surface area contributed by atoms with Crippen molar-refractivity contribution >= 4 is 40.9 Å². The van der Waals surface area contributed by atoms with Crippen LogP contribution in [0.1, 0.15) is 13.8 Å². The van der Waals surface area contributed by atoms with Crippen molar-refractivity contribution in [1.29, 1.82) is 0 Å². The molecule has 0 fully saturated rings. The molecule has 1 amide bonds. The molecule has 0 aliphatic rings. The maximum absolute atomic E-state index is 13.7. The number of amides is 1. The molecular formula is C18H17ClFNO3S. The Morgan fingerprint density at radius 1 is 1.16 bits per heavy atom. The van der Waals surface area contributed by atoms with Gasteiger partial charge in [0.15, 0.2) is 6.10 Å². The van der Waals surface area contributed by atoms with Gasteiger partial charge in [0.1, 0.15) is 11.1 Å². The SMILES string of the molecule is C[C@@H](OC(=O)[C@@H](C)Sc1ccccc1)C(=O)Nc1ccc(Cl)cc1F. The van der Waals surface area contributed by atoms with Gasteiger partial charge in [0.2, 0.25) is 0 Å². The zero-order valence-electron chi connectivity index (χ0n) is 13.7. The third kappa shape index (κ3) is 5.76. The van der Waals surface area contributed by atoms with Crippen LogP contribution < -0.4 is 5.32 Å². The lowest BCUT2D eigenvalue weighted by molar-refractivity contribution is -0.152. The number of hydrogen-bond acceptors (Lipinski definition) is 4. The third-order valence-corrected chi connectivity index (χ3v) is 4.56. The fraction of sp³-hybridized carbons (Fsp3) is 0.222. The summed E-state index contributed by atoms with van der Waals surface area (Å²) in [6, 6.07) is 13.3. The minimum absolute atomic E-state index is 0.0241. The lowest BCUT2D eigenvalue weighted by Gasteiger charge is -2.16. The van der Waals surface area contributed by atoms with E-state index in [-0.39, 0.29) is 10.7 Å². The fourth-order valence-corrected chi connectivity index (χ4v) is 2.93. The van der Waals surface area contributed by atoms with Gasteiger partial charge in [-0.05, 0) is 44.2 Å². The lowest BCUT2D eigenvalue weighted by atomic mass is 10.3. The van der Waals surface area contributed by atoms with Gasteiger partial charge in [-0.3, -0.25) is 9.59 Å². The van der Waals surface area contributed by atoms with E-state index in [0.717, 1.165) is 11.0 Å². The molecule has 2 aromatic rings. The second-order valence-corrected chi connectivity index (χ2v) is 7.12. The molecule has 0 radical (unpaired) electrons. The van der Waals surface area contributed by atoms with E-state index in [0.29, 0.717) is 0 Å². The van der Waals surface area contributed by atoms with Crippen LogP contribution in [-0.2, 0) is 14.3 Å². The van der Waals surface area contributed by atoms with E-state index in [1.807, 2.05) is 30.3 Å². The first-order valence-corrected chi connectivity index (χ1v) is 8.80.